The molecule has 1 aromatic carbocycles. The Labute approximate surface area is 150 Å². The van der Waals surface area contributed by atoms with Crippen LogP contribution < -0.4 is 10.1 Å². The summed E-state index contributed by atoms with van der Waals surface area (Å²) in [5.41, 5.74) is 3.17. The Hall–Kier alpha value is -3.22. The molecule has 2 aliphatic heterocycles. The van der Waals surface area contributed by atoms with Crippen LogP contribution in [0.1, 0.15) is 28.8 Å². The summed E-state index contributed by atoms with van der Waals surface area (Å²) in [6.07, 6.45) is 3.92. The summed E-state index contributed by atoms with van der Waals surface area (Å²) in [6, 6.07) is 6.75. The molecule has 2 aliphatic rings. The van der Waals surface area contributed by atoms with Gasteiger partial charge in [-0.3, -0.25) is 24.7 Å². The van der Waals surface area contributed by atoms with Crippen molar-refractivity contribution in [3.63, 3.8) is 0 Å². The summed E-state index contributed by atoms with van der Waals surface area (Å²) in [5.74, 6) is -0.260. The van der Waals surface area contributed by atoms with Gasteiger partial charge in [0.15, 0.2) is 0 Å². The lowest BCUT2D eigenvalue weighted by molar-refractivity contribution is -0.136. The second-order valence-electron chi connectivity index (χ2n) is 6.35. The highest BCUT2D eigenvalue weighted by Gasteiger charge is 2.39. The molecule has 0 saturated carbocycles. The van der Waals surface area contributed by atoms with Crippen LogP contribution in [0, 0.1) is 0 Å². The highest BCUT2D eigenvalue weighted by molar-refractivity contribution is 6.06. The number of aromatic nitrogens is 1. The number of piperidine rings is 1. The zero-order chi connectivity index (χ0) is 18.3. The lowest BCUT2D eigenvalue weighted by atomic mass is 9.98. The molecular formula is C19H17N3O4. The summed E-state index contributed by atoms with van der Waals surface area (Å²) in [7, 11) is 1.57. The van der Waals surface area contributed by atoms with E-state index in [2.05, 4.69) is 10.3 Å². The van der Waals surface area contributed by atoms with E-state index in [1.54, 1.807) is 30.5 Å². The number of amides is 3. The number of hydrogen-bond acceptors (Lipinski definition) is 5. The zero-order valence-corrected chi connectivity index (χ0v) is 14.2. The van der Waals surface area contributed by atoms with Crippen LogP contribution in [0.3, 0.4) is 0 Å². The van der Waals surface area contributed by atoms with Crippen molar-refractivity contribution in [1.82, 2.24) is 15.2 Å². The minimum Gasteiger partial charge on any atom is -0.495 e. The van der Waals surface area contributed by atoms with Gasteiger partial charge in [0.05, 0.1) is 13.3 Å². The number of carbonyl (C=O) groups excluding carboxylic acids is 3. The SMILES string of the molecule is COc1cncc(-c2cccc3c2CN(C2CCC(=O)NC2=O)C3=O)c1. The predicted molar refractivity (Wildman–Crippen MR) is 92.3 cm³/mol. The van der Waals surface area contributed by atoms with Crippen LogP contribution in [0.5, 0.6) is 5.75 Å². The number of nitrogens with one attached hydrogen (secondary N) is 1. The second kappa shape index (κ2) is 6.25. The van der Waals surface area contributed by atoms with Crippen LogP contribution in [0.15, 0.2) is 36.7 Å². The number of carbonyl (C=O) groups is 3. The molecule has 1 unspecified atom stereocenters. The molecule has 7 heteroatoms. The fraction of sp³-hybridized carbons (Fsp3) is 0.263. The van der Waals surface area contributed by atoms with Crippen molar-refractivity contribution in [1.29, 1.82) is 0 Å². The minimum absolute atomic E-state index is 0.188. The van der Waals surface area contributed by atoms with Crippen molar-refractivity contribution >= 4 is 17.7 Å². The second-order valence-corrected chi connectivity index (χ2v) is 6.35. The van der Waals surface area contributed by atoms with Crippen LogP contribution in [0.2, 0.25) is 0 Å². The lowest BCUT2D eigenvalue weighted by Crippen LogP contribution is -2.52. The predicted octanol–water partition coefficient (Wildman–Crippen LogP) is 1.52. The third kappa shape index (κ3) is 2.61. The molecule has 1 atom stereocenters. The number of pyridine rings is 1. The topological polar surface area (TPSA) is 88.6 Å². The average Bonchev–Trinajstić information content (AvgIpc) is 2.98. The van der Waals surface area contributed by atoms with E-state index in [-0.39, 0.29) is 18.2 Å². The highest BCUT2D eigenvalue weighted by Crippen LogP contribution is 2.35. The van der Waals surface area contributed by atoms with Crippen LogP contribution in [-0.2, 0) is 16.1 Å². The van der Waals surface area contributed by atoms with E-state index in [9.17, 15) is 14.4 Å². The standard InChI is InChI=1S/C19H17N3O4/c1-26-12-7-11(8-20-9-12)13-3-2-4-14-15(13)10-22(19(14)25)16-5-6-17(23)21-18(16)24/h2-4,7-9,16H,5-6,10H2,1H3,(H,21,23,24). The lowest BCUT2D eigenvalue weighted by Gasteiger charge is -2.29. The van der Waals surface area contributed by atoms with Crippen molar-refractivity contribution in [2.24, 2.45) is 0 Å². The van der Waals surface area contributed by atoms with Crippen LogP contribution in [0.25, 0.3) is 11.1 Å². The number of imide groups is 1. The number of nitrogens with zero attached hydrogens (tertiary/aromatic N) is 2. The van der Waals surface area contributed by atoms with Crippen molar-refractivity contribution < 1.29 is 19.1 Å². The maximum absolute atomic E-state index is 12.9. The first-order valence-electron chi connectivity index (χ1n) is 8.34. The van der Waals surface area contributed by atoms with E-state index >= 15 is 0 Å². The van der Waals surface area contributed by atoms with E-state index < -0.39 is 11.9 Å². The fourth-order valence-electron chi connectivity index (χ4n) is 3.53. The number of ether oxygens (including phenoxy) is 1. The van der Waals surface area contributed by atoms with Crippen LogP contribution >= 0.6 is 0 Å². The van der Waals surface area contributed by atoms with Gasteiger partial charge in [0, 0.05) is 30.3 Å². The normalized spacial score (nSPS) is 19.3. The Bertz CT molecular complexity index is 925. The van der Waals surface area contributed by atoms with Crippen LogP contribution in [0.4, 0.5) is 0 Å². The van der Waals surface area contributed by atoms with Gasteiger partial charge in [-0.15, -0.1) is 0 Å². The van der Waals surface area contributed by atoms with E-state index in [1.807, 2.05) is 18.2 Å². The maximum Gasteiger partial charge on any atom is 0.255 e. The molecule has 3 heterocycles. The molecule has 1 N–H and O–H groups in total. The molecular weight excluding hydrogens is 334 g/mol. The van der Waals surface area contributed by atoms with Gasteiger partial charge in [0.1, 0.15) is 11.8 Å². The van der Waals surface area contributed by atoms with Gasteiger partial charge in [-0.05, 0) is 29.7 Å². The average molecular weight is 351 g/mol. The zero-order valence-electron chi connectivity index (χ0n) is 14.2. The van der Waals surface area contributed by atoms with E-state index in [0.29, 0.717) is 24.3 Å². The number of methoxy groups -OCH3 is 1. The Kier molecular flexibility index (Phi) is 3.91. The van der Waals surface area contributed by atoms with E-state index in [4.69, 9.17) is 4.74 Å². The first kappa shape index (κ1) is 16.3. The number of rotatable bonds is 3. The molecule has 0 radical (unpaired) electrons. The summed E-state index contributed by atoms with van der Waals surface area (Å²) in [6.45, 7) is 0.327. The Balaban J connectivity index is 1.70. The molecule has 0 spiro atoms. The quantitative estimate of drug-likeness (QED) is 0.847. The fourth-order valence-corrected chi connectivity index (χ4v) is 3.53. The van der Waals surface area contributed by atoms with E-state index in [0.717, 1.165) is 16.7 Å². The third-order valence-electron chi connectivity index (χ3n) is 4.84. The van der Waals surface area contributed by atoms with Gasteiger partial charge in [-0.1, -0.05) is 12.1 Å². The molecule has 26 heavy (non-hydrogen) atoms. The summed E-state index contributed by atoms with van der Waals surface area (Å²) < 4.78 is 5.23. The Morgan fingerprint density at radius 1 is 1.19 bits per heavy atom. The van der Waals surface area contributed by atoms with Gasteiger partial charge in [0.2, 0.25) is 11.8 Å². The van der Waals surface area contributed by atoms with Gasteiger partial charge in [0.25, 0.3) is 5.91 Å². The summed E-state index contributed by atoms with van der Waals surface area (Å²) in [4.78, 5) is 42.1. The molecule has 0 bridgehead atoms. The van der Waals surface area contributed by atoms with E-state index in [1.165, 1.54) is 0 Å². The van der Waals surface area contributed by atoms with Gasteiger partial charge in [-0.2, -0.15) is 0 Å². The summed E-state index contributed by atoms with van der Waals surface area (Å²) >= 11 is 0. The van der Waals surface area contributed by atoms with Crippen LogP contribution in [-0.4, -0.2) is 40.8 Å². The van der Waals surface area contributed by atoms with Crippen molar-refractivity contribution in [3.8, 4) is 16.9 Å². The molecule has 1 aromatic heterocycles. The Morgan fingerprint density at radius 3 is 2.77 bits per heavy atom. The third-order valence-corrected chi connectivity index (χ3v) is 4.84. The molecule has 2 aromatic rings. The number of fused-ring (bicyclic) bond motifs is 1. The largest absolute Gasteiger partial charge is 0.495 e. The minimum atomic E-state index is -0.621. The number of benzene rings is 1. The first-order chi connectivity index (χ1) is 12.6. The molecule has 0 aliphatic carbocycles. The maximum atomic E-state index is 12.9. The first-order valence-corrected chi connectivity index (χ1v) is 8.34. The summed E-state index contributed by atoms with van der Waals surface area (Å²) in [5, 5.41) is 2.32. The van der Waals surface area contributed by atoms with Crippen molar-refractivity contribution in [2.75, 3.05) is 7.11 Å². The van der Waals surface area contributed by atoms with Gasteiger partial charge >= 0.3 is 0 Å². The smallest absolute Gasteiger partial charge is 0.255 e. The molecule has 132 valence electrons. The molecule has 1 fully saturated rings. The molecule has 4 rings (SSSR count). The van der Waals surface area contributed by atoms with Gasteiger partial charge in [-0.25, -0.2) is 0 Å². The van der Waals surface area contributed by atoms with Crippen molar-refractivity contribution in [2.45, 2.75) is 25.4 Å². The molecule has 3 amide bonds. The van der Waals surface area contributed by atoms with Crippen molar-refractivity contribution in [3.05, 3.63) is 47.8 Å². The molecule has 7 nitrogen and oxygen atoms in total. The highest BCUT2D eigenvalue weighted by atomic mass is 16.5. The van der Waals surface area contributed by atoms with Gasteiger partial charge < -0.3 is 9.64 Å². The number of hydrogen-bond donors (Lipinski definition) is 1. The monoisotopic (exact) mass is 351 g/mol. The molecule has 1 saturated heterocycles. The Morgan fingerprint density at radius 2 is 2.00 bits per heavy atom.